The molecule has 2 nitrogen and oxygen atoms in total. The van der Waals surface area contributed by atoms with Gasteiger partial charge in [0.2, 0.25) is 0 Å². The molecule has 3 atom stereocenters. The van der Waals surface area contributed by atoms with Crippen LogP contribution in [0.15, 0.2) is 0 Å². The Morgan fingerprint density at radius 1 is 1.44 bits per heavy atom. The highest BCUT2D eigenvalue weighted by atomic mass is 16.5. The molecule has 2 aliphatic rings. The first-order chi connectivity index (χ1) is 4.42. The van der Waals surface area contributed by atoms with Crippen molar-refractivity contribution in [2.24, 2.45) is 23.5 Å². The van der Waals surface area contributed by atoms with Crippen LogP contribution in [0.2, 0.25) is 0 Å². The molecular formula is C7H13NO. The number of hydrogen-bond acceptors (Lipinski definition) is 2. The average Bonchev–Trinajstić information content (AvgIpc) is 2.64. The standard InChI is InChI=1S/C7H13NO/c8-2-6-4-9-3-5-1-7(5)6/h5-7H,1-4,8H2/t5-,6+,7?/m0/s1. The number of ether oxygens (including phenoxy) is 1. The molecule has 1 unspecified atom stereocenters. The summed E-state index contributed by atoms with van der Waals surface area (Å²) in [6.07, 6.45) is 1.38. The van der Waals surface area contributed by atoms with Crippen LogP contribution < -0.4 is 5.73 Å². The summed E-state index contributed by atoms with van der Waals surface area (Å²) in [6.45, 7) is 2.74. The van der Waals surface area contributed by atoms with Crippen LogP contribution in [0, 0.1) is 17.8 Å². The first-order valence-corrected chi connectivity index (χ1v) is 3.69. The maximum absolute atomic E-state index is 5.54. The van der Waals surface area contributed by atoms with Gasteiger partial charge in [0.1, 0.15) is 0 Å². The van der Waals surface area contributed by atoms with Gasteiger partial charge in [-0.2, -0.15) is 0 Å². The van der Waals surface area contributed by atoms with E-state index in [-0.39, 0.29) is 0 Å². The Balaban J connectivity index is 1.93. The van der Waals surface area contributed by atoms with Crippen molar-refractivity contribution < 1.29 is 4.74 Å². The molecule has 0 radical (unpaired) electrons. The Morgan fingerprint density at radius 3 is 3.00 bits per heavy atom. The van der Waals surface area contributed by atoms with E-state index in [9.17, 15) is 0 Å². The molecule has 0 aromatic heterocycles. The third-order valence-corrected chi connectivity index (χ3v) is 2.55. The van der Waals surface area contributed by atoms with Crippen molar-refractivity contribution in [2.45, 2.75) is 6.42 Å². The predicted octanol–water partition coefficient (Wildman–Crippen LogP) is 0.228. The Labute approximate surface area is 55.4 Å². The minimum absolute atomic E-state index is 0.684. The largest absolute Gasteiger partial charge is 0.381 e. The quantitative estimate of drug-likeness (QED) is 0.547. The molecule has 9 heavy (non-hydrogen) atoms. The molecular weight excluding hydrogens is 114 g/mol. The summed E-state index contributed by atoms with van der Waals surface area (Å²) in [4.78, 5) is 0. The molecule has 0 aromatic carbocycles. The minimum Gasteiger partial charge on any atom is -0.381 e. The molecule has 52 valence electrons. The van der Waals surface area contributed by atoms with Crippen molar-refractivity contribution in [3.8, 4) is 0 Å². The van der Waals surface area contributed by atoms with Gasteiger partial charge >= 0.3 is 0 Å². The van der Waals surface area contributed by atoms with Gasteiger partial charge in [0.05, 0.1) is 6.61 Å². The fourth-order valence-electron chi connectivity index (χ4n) is 1.78. The van der Waals surface area contributed by atoms with Crippen LogP contribution in [0.5, 0.6) is 0 Å². The molecule has 2 heteroatoms. The summed E-state index contributed by atoms with van der Waals surface area (Å²) in [5, 5.41) is 0. The van der Waals surface area contributed by atoms with Gasteiger partial charge in [0, 0.05) is 6.61 Å². The highest BCUT2D eigenvalue weighted by molar-refractivity contribution is 4.94. The molecule has 1 saturated heterocycles. The fourth-order valence-corrected chi connectivity index (χ4v) is 1.78. The van der Waals surface area contributed by atoms with Crippen molar-refractivity contribution in [1.82, 2.24) is 0 Å². The summed E-state index contributed by atoms with van der Waals surface area (Å²) in [5.74, 6) is 2.50. The van der Waals surface area contributed by atoms with E-state index in [1.165, 1.54) is 6.42 Å². The van der Waals surface area contributed by atoms with E-state index >= 15 is 0 Å². The third kappa shape index (κ3) is 0.864. The van der Waals surface area contributed by atoms with Gasteiger partial charge in [-0.05, 0) is 30.7 Å². The molecule has 2 rings (SSSR count). The zero-order valence-electron chi connectivity index (χ0n) is 5.55. The van der Waals surface area contributed by atoms with E-state index in [4.69, 9.17) is 10.5 Å². The van der Waals surface area contributed by atoms with Gasteiger partial charge in [-0.15, -0.1) is 0 Å². The lowest BCUT2D eigenvalue weighted by atomic mass is 10.0. The summed E-state index contributed by atoms with van der Waals surface area (Å²) in [6, 6.07) is 0. The molecule has 1 saturated carbocycles. The van der Waals surface area contributed by atoms with Gasteiger partial charge in [0.25, 0.3) is 0 Å². The maximum atomic E-state index is 5.54. The van der Waals surface area contributed by atoms with E-state index < -0.39 is 0 Å². The van der Waals surface area contributed by atoms with Crippen LogP contribution in [0.1, 0.15) is 6.42 Å². The van der Waals surface area contributed by atoms with Crippen molar-refractivity contribution >= 4 is 0 Å². The van der Waals surface area contributed by atoms with Crippen LogP contribution in [0.3, 0.4) is 0 Å². The zero-order valence-corrected chi connectivity index (χ0v) is 5.55. The zero-order chi connectivity index (χ0) is 6.27. The van der Waals surface area contributed by atoms with Gasteiger partial charge in [-0.25, -0.2) is 0 Å². The molecule has 1 aliphatic heterocycles. The predicted molar refractivity (Wildman–Crippen MR) is 35.0 cm³/mol. The van der Waals surface area contributed by atoms with E-state index in [1.54, 1.807) is 0 Å². The second-order valence-corrected chi connectivity index (χ2v) is 3.19. The van der Waals surface area contributed by atoms with E-state index in [2.05, 4.69) is 0 Å². The number of fused-ring (bicyclic) bond motifs is 1. The van der Waals surface area contributed by atoms with Crippen LogP contribution in [0.4, 0.5) is 0 Å². The smallest absolute Gasteiger partial charge is 0.0509 e. The molecule has 0 bridgehead atoms. The van der Waals surface area contributed by atoms with E-state index in [0.717, 1.165) is 31.6 Å². The Hall–Kier alpha value is -0.0800. The molecule has 0 amide bonds. The fraction of sp³-hybridized carbons (Fsp3) is 1.00. The van der Waals surface area contributed by atoms with Gasteiger partial charge in [-0.1, -0.05) is 0 Å². The van der Waals surface area contributed by atoms with Crippen LogP contribution in [-0.4, -0.2) is 19.8 Å². The molecule has 1 heterocycles. The second kappa shape index (κ2) is 1.96. The normalized spacial score (nSPS) is 48.3. The van der Waals surface area contributed by atoms with Gasteiger partial charge in [-0.3, -0.25) is 0 Å². The lowest BCUT2D eigenvalue weighted by Gasteiger charge is -2.19. The molecule has 2 N–H and O–H groups in total. The molecule has 0 spiro atoms. The van der Waals surface area contributed by atoms with Crippen molar-refractivity contribution in [1.29, 1.82) is 0 Å². The average molecular weight is 127 g/mol. The molecule has 1 aliphatic carbocycles. The molecule has 2 fully saturated rings. The Bertz CT molecular complexity index is 115. The monoisotopic (exact) mass is 127 g/mol. The highest BCUT2D eigenvalue weighted by Crippen LogP contribution is 2.46. The van der Waals surface area contributed by atoms with Crippen LogP contribution >= 0.6 is 0 Å². The van der Waals surface area contributed by atoms with E-state index in [1.807, 2.05) is 0 Å². The van der Waals surface area contributed by atoms with Crippen LogP contribution in [0.25, 0.3) is 0 Å². The summed E-state index contributed by atoms with van der Waals surface area (Å²) < 4.78 is 5.35. The summed E-state index contributed by atoms with van der Waals surface area (Å²) in [7, 11) is 0. The summed E-state index contributed by atoms with van der Waals surface area (Å²) >= 11 is 0. The molecule has 0 aromatic rings. The SMILES string of the molecule is NC[C@@H]1COC[C@@H]2CC12. The van der Waals surface area contributed by atoms with Crippen LogP contribution in [-0.2, 0) is 4.74 Å². The third-order valence-electron chi connectivity index (χ3n) is 2.55. The lowest BCUT2D eigenvalue weighted by molar-refractivity contribution is 0.0502. The Morgan fingerprint density at radius 2 is 2.33 bits per heavy atom. The Kier molecular flexibility index (Phi) is 1.24. The van der Waals surface area contributed by atoms with E-state index in [0.29, 0.717) is 5.92 Å². The topological polar surface area (TPSA) is 35.2 Å². The van der Waals surface area contributed by atoms with Gasteiger partial charge < -0.3 is 10.5 Å². The van der Waals surface area contributed by atoms with Crippen molar-refractivity contribution in [3.05, 3.63) is 0 Å². The highest BCUT2D eigenvalue weighted by Gasteiger charge is 2.45. The first-order valence-electron chi connectivity index (χ1n) is 3.69. The first kappa shape index (κ1) is 5.69. The summed E-state index contributed by atoms with van der Waals surface area (Å²) in [5.41, 5.74) is 5.54. The maximum Gasteiger partial charge on any atom is 0.0509 e. The minimum atomic E-state index is 0.684. The van der Waals surface area contributed by atoms with Crippen molar-refractivity contribution in [2.75, 3.05) is 19.8 Å². The lowest BCUT2D eigenvalue weighted by Crippen LogP contribution is -2.27. The second-order valence-electron chi connectivity index (χ2n) is 3.19. The van der Waals surface area contributed by atoms with Crippen molar-refractivity contribution in [3.63, 3.8) is 0 Å². The number of hydrogen-bond donors (Lipinski definition) is 1. The number of nitrogens with two attached hydrogens (primary N) is 1. The van der Waals surface area contributed by atoms with Gasteiger partial charge in [0.15, 0.2) is 0 Å². The number of rotatable bonds is 1.